The Morgan fingerprint density at radius 2 is 1.35 bits per heavy atom. The van der Waals surface area contributed by atoms with Crippen molar-refractivity contribution in [3.8, 4) is 11.1 Å². The third kappa shape index (κ3) is 2.63. The third-order valence-corrected chi connectivity index (χ3v) is 3.34. The first-order chi connectivity index (χ1) is 7.99. The minimum absolute atomic E-state index is 0.441. The molecule has 0 atom stereocenters. The van der Waals surface area contributed by atoms with E-state index in [1.54, 1.807) is 30.3 Å². The van der Waals surface area contributed by atoms with Crippen LogP contribution < -0.4 is 5.73 Å². The highest BCUT2D eigenvalue weighted by Gasteiger charge is 2.13. The summed E-state index contributed by atoms with van der Waals surface area (Å²) in [5.41, 5.74) is 7.78. The number of benzene rings is 2. The van der Waals surface area contributed by atoms with E-state index in [0.29, 0.717) is 36.9 Å². The second-order valence-corrected chi connectivity index (χ2v) is 5.16. The summed E-state index contributed by atoms with van der Waals surface area (Å²) in [7, 11) is 0. The Bertz CT molecular complexity index is 558. The van der Waals surface area contributed by atoms with Gasteiger partial charge in [0.05, 0.1) is 10.0 Å². The summed E-state index contributed by atoms with van der Waals surface area (Å²) in [4.78, 5) is 0. The van der Waals surface area contributed by atoms with E-state index >= 15 is 0 Å². The van der Waals surface area contributed by atoms with Crippen molar-refractivity contribution in [2.24, 2.45) is 0 Å². The molecular weight excluding hydrogens is 300 g/mol. The Kier molecular flexibility index (Phi) is 3.74. The van der Waals surface area contributed by atoms with Crippen LogP contribution in [0.2, 0.25) is 20.1 Å². The molecule has 0 saturated carbocycles. The molecule has 0 aliphatic rings. The van der Waals surface area contributed by atoms with Crippen molar-refractivity contribution in [3.05, 3.63) is 50.4 Å². The average molecular weight is 307 g/mol. The fraction of sp³-hybridized carbons (Fsp3) is 0. The second-order valence-electron chi connectivity index (χ2n) is 3.48. The van der Waals surface area contributed by atoms with E-state index in [4.69, 9.17) is 52.1 Å². The lowest BCUT2D eigenvalue weighted by Crippen LogP contribution is -1.91. The molecule has 0 amide bonds. The van der Waals surface area contributed by atoms with E-state index in [-0.39, 0.29) is 0 Å². The predicted molar refractivity (Wildman–Crippen MR) is 76.3 cm³/mol. The van der Waals surface area contributed by atoms with Gasteiger partial charge in [-0.2, -0.15) is 0 Å². The maximum absolute atomic E-state index is 6.13. The lowest BCUT2D eigenvalue weighted by atomic mass is 10.0. The highest BCUT2D eigenvalue weighted by Crippen LogP contribution is 2.40. The molecular formula is C12H7Cl4N. The molecule has 88 valence electrons. The smallest absolute Gasteiger partial charge is 0.0514 e. The van der Waals surface area contributed by atoms with Gasteiger partial charge in [-0.3, -0.25) is 0 Å². The van der Waals surface area contributed by atoms with Crippen LogP contribution in [0.25, 0.3) is 11.1 Å². The van der Waals surface area contributed by atoms with E-state index in [1.165, 1.54) is 0 Å². The summed E-state index contributed by atoms with van der Waals surface area (Å²) < 4.78 is 0. The van der Waals surface area contributed by atoms with Crippen molar-refractivity contribution < 1.29 is 0 Å². The Labute approximate surface area is 119 Å². The summed E-state index contributed by atoms with van der Waals surface area (Å²) in [6.45, 7) is 0. The van der Waals surface area contributed by atoms with Crippen LogP contribution in [-0.4, -0.2) is 0 Å². The first-order valence-corrected chi connectivity index (χ1v) is 6.20. The van der Waals surface area contributed by atoms with Crippen LogP contribution >= 0.6 is 46.4 Å². The van der Waals surface area contributed by atoms with Gasteiger partial charge in [-0.15, -0.1) is 0 Å². The normalized spacial score (nSPS) is 10.6. The first-order valence-electron chi connectivity index (χ1n) is 4.69. The van der Waals surface area contributed by atoms with Crippen molar-refractivity contribution >= 4 is 52.1 Å². The molecule has 0 aliphatic heterocycles. The van der Waals surface area contributed by atoms with Gasteiger partial charge in [-0.25, -0.2) is 0 Å². The fourth-order valence-corrected chi connectivity index (χ4v) is 2.74. The number of nitrogen functional groups attached to an aromatic ring is 1. The highest BCUT2D eigenvalue weighted by molar-refractivity contribution is 6.42. The molecule has 0 unspecified atom stereocenters. The highest BCUT2D eigenvalue weighted by atomic mass is 35.5. The molecule has 2 N–H and O–H groups in total. The van der Waals surface area contributed by atoms with Gasteiger partial charge in [0.1, 0.15) is 0 Å². The van der Waals surface area contributed by atoms with Crippen LogP contribution in [-0.2, 0) is 0 Å². The molecule has 2 rings (SSSR count). The van der Waals surface area contributed by atoms with Crippen LogP contribution in [0.1, 0.15) is 0 Å². The van der Waals surface area contributed by atoms with Crippen molar-refractivity contribution in [2.45, 2.75) is 0 Å². The molecule has 0 spiro atoms. The first kappa shape index (κ1) is 12.8. The van der Waals surface area contributed by atoms with E-state index < -0.39 is 0 Å². The van der Waals surface area contributed by atoms with Crippen molar-refractivity contribution in [1.82, 2.24) is 0 Å². The molecule has 17 heavy (non-hydrogen) atoms. The summed E-state index contributed by atoms with van der Waals surface area (Å²) >= 11 is 24.0. The molecule has 5 heteroatoms. The zero-order chi connectivity index (χ0) is 12.6. The van der Waals surface area contributed by atoms with Crippen LogP contribution in [0.5, 0.6) is 0 Å². The van der Waals surface area contributed by atoms with Gasteiger partial charge in [0.2, 0.25) is 0 Å². The fourth-order valence-electron chi connectivity index (χ4n) is 1.54. The van der Waals surface area contributed by atoms with Crippen LogP contribution in [0.4, 0.5) is 5.69 Å². The largest absolute Gasteiger partial charge is 0.398 e. The number of halogens is 4. The Morgan fingerprint density at radius 1 is 0.765 bits per heavy atom. The van der Waals surface area contributed by atoms with E-state index in [0.717, 1.165) is 0 Å². The molecule has 1 nitrogen and oxygen atoms in total. The van der Waals surface area contributed by atoms with Gasteiger partial charge < -0.3 is 5.73 Å². The maximum atomic E-state index is 6.13. The minimum Gasteiger partial charge on any atom is -0.398 e. The van der Waals surface area contributed by atoms with Gasteiger partial charge in [0.25, 0.3) is 0 Å². The quantitative estimate of drug-likeness (QED) is 0.687. The van der Waals surface area contributed by atoms with Gasteiger partial charge in [0.15, 0.2) is 0 Å². The van der Waals surface area contributed by atoms with Crippen LogP contribution in [0, 0.1) is 0 Å². The van der Waals surface area contributed by atoms with Gasteiger partial charge >= 0.3 is 0 Å². The SMILES string of the molecule is Nc1ccc(Cl)cc1-c1c(Cl)cc(Cl)cc1Cl. The molecule has 0 fully saturated rings. The molecule has 0 radical (unpaired) electrons. The summed E-state index contributed by atoms with van der Waals surface area (Å²) in [5, 5.41) is 1.92. The maximum Gasteiger partial charge on any atom is 0.0514 e. The molecule has 0 saturated heterocycles. The lowest BCUT2D eigenvalue weighted by Gasteiger charge is -2.11. The second kappa shape index (κ2) is 4.95. The average Bonchev–Trinajstić information content (AvgIpc) is 2.21. The number of hydrogen-bond acceptors (Lipinski definition) is 1. The van der Waals surface area contributed by atoms with Gasteiger partial charge in [-0.1, -0.05) is 46.4 Å². The number of rotatable bonds is 1. The molecule has 0 aromatic heterocycles. The van der Waals surface area contributed by atoms with E-state index in [1.807, 2.05) is 0 Å². The Hall–Kier alpha value is -0.600. The Balaban J connectivity index is 2.72. The molecule has 0 heterocycles. The molecule has 0 aliphatic carbocycles. The van der Waals surface area contributed by atoms with Crippen molar-refractivity contribution in [1.29, 1.82) is 0 Å². The van der Waals surface area contributed by atoms with Crippen LogP contribution in [0.15, 0.2) is 30.3 Å². The Morgan fingerprint density at radius 3 is 1.94 bits per heavy atom. The number of anilines is 1. The monoisotopic (exact) mass is 305 g/mol. The van der Waals surface area contributed by atoms with Crippen LogP contribution in [0.3, 0.4) is 0 Å². The van der Waals surface area contributed by atoms with E-state index in [9.17, 15) is 0 Å². The minimum atomic E-state index is 0.441. The zero-order valence-corrected chi connectivity index (χ0v) is 11.5. The lowest BCUT2D eigenvalue weighted by molar-refractivity contribution is 1.60. The summed E-state index contributed by atoms with van der Waals surface area (Å²) in [5.74, 6) is 0. The zero-order valence-electron chi connectivity index (χ0n) is 8.48. The molecule has 2 aromatic carbocycles. The van der Waals surface area contributed by atoms with Gasteiger partial charge in [-0.05, 0) is 30.3 Å². The van der Waals surface area contributed by atoms with E-state index in [2.05, 4.69) is 0 Å². The number of nitrogens with two attached hydrogens (primary N) is 1. The third-order valence-electron chi connectivity index (χ3n) is 2.29. The molecule has 2 aromatic rings. The predicted octanol–water partition coefficient (Wildman–Crippen LogP) is 5.55. The topological polar surface area (TPSA) is 26.0 Å². The molecule has 0 bridgehead atoms. The summed E-state index contributed by atoms with van der Waals surface area (Å²) in [6, 6.07) is 8.37. The van der Waals surface area contributed by atoms with Crippen molar-refractivity contribution in [3.63, 3.8) is 0 Å². The number of hydrogen-bond donors (Lipinski definition) is 1. The van der Waals surface area contributed by atoms with Crippen molar-refractivity contribution in [2.75, 3.05) is 5.73 Å². The summed E-state index contributed by atoms with van der Waals surface area (Å²) in [6.07, 6.45) is 0. The van der Waals surface area contributed by atoms with Gasteiger partial charge in [0, 0.05) is 26.9 Å². The standard InChI is InChI=1S/C12H7Cl4N/c13-6-1-2-11(17)8(3-6)12-9(15)4-7(14)5-10(12)16/h1-5H,17H2.